The maximum atomic E-state index is 12.7. The van der Waals surface area contributed by atoms with Crippen molar-refractivity contribution in [3.8, 4) is 0 Å². The summed E-state index contributed by atoms with van der Waals surface area (Å²) in [6, 6.07) is 19.0. The molecule has 0 saturated carbocycles. The number of carbonyl (C=O) groups is 1. The number of amides is 1. The monoisotopic (exact) mass is 445 g/mol. The lowest BCUT2D eigenvalue weighted by Crippen LogP contribution is -2.50. The van der Waals surface area contributed by atoms with Crippen molar-refractivity contribution < 1.29 is 4.79 Å². The van der Waals surface area contributed by atoms with Crippen LogP contribution in [0.5, 0.6) is 0 Å². The largest absolute Gasteiger partial charge is 0.342 e. The Balaban J connectivity index is 1.20. The van der Waals surface area contributed by atoms with Crippen LogP contribution in [0.25, 0.3) is 11.0 Å². The summed E-state index contributed by atoms with van der Waals surface area (Å²) in [7, 11) is 0. The minimum Gasteiger partial charge on any atom is -0.342 e. The zero-order valence-corrected chi connectivity index (χ0v) is 19.7. The Bertz CT molecular complexity index is 1060. The second-order valence-electron chi connectivity index (χ2n) is 9.70. The lowest BCUT2D eigenvalue weighted by atomic mass is 9.99. The van der Waals surface area contributed by atoms with Crippen molar-refractivity contribution in [3.05, 3.63) is 66.0 Å². The molecule has 0 atom stereocenters. The molecule has 1 amide bonds. The number of fused-ring (bicyclic) bond motifs is 1. The zero-order chi connectivity index (χ0) is 22.6. The lowest BCUT2D eigenvalue weighted by molar-refractivity contribution is -0.134. The Labute approximate surface area is 196 Å². The molecule has 1 aromatic heterocycles. The Hall–Kier alpha value is -2.70. The lowest BCUT2D eigenvalue weighted by Gasteiger charge is -2.36. The number of hydrogen-bond acceptors (Lipinski definition) is 4. The van der Waals surface area contributed by atoms with Crippen molar-refractivity contribution in [1.82, 2.24) is 24.3 Å². The molecule has 6 heteroatoms. The number of para-hydroxylation sites is 2. The van der Waals surface area contributed by atoms with E-state index in [0.29, 0.717) is 12.5 Å². The summed E-state index contributed by atoms with van der Waals surface area (Å²) in [5, 5.41) is 0. The highest BCUT2D eigenvalue weighted by Crippen LogP contribution is 2.20. The van der Waals surface area contributed by atoms with Gasteiger partial charge >= 0.3 is 0 Å². The van der Waals surface area contributed by atoms with E-state index >= 15 is 0 Å². The third-order valence-corrected chi connectivity index (χ3v) is 7.24. The molecule has 6 nitrogen and oxygen atoms in total. The maximum Gasteiger partial charge on any atom is 0.236 e. The SMILES string of the molecule is CC1CCN(C(=O)CN2CCN(Cc3nc4ccccc4n3Cc3ccccc3)CC2)CC1. The smallest absolute Gasteiger partial charge is 0.236 e. The van der Waals surface area contributed by atoms with Gasteiger partial charge in [-0.3, -0.25) is 14.6 Å². The van der Waals surface area contributed by atoms with Crippen LogP contribution < -0.4 is 0 Å². The molecule has 174 valence electrons. The quantitative estimate of drug-likeness (QED) is 0.583. The third kappa shape index (κ3) is 5.28. The fourth-order valence-electron chi connectivity index (χ4n) is 5.04. The van der Waals surface area contributed by atoms with Gasteiger partial charge in [-0.2, -0.15) is 0 Å². The highest BCUT2D eigenvalue weighted by Gasteiger charge is 2.25. The maximum absolute atomic E-state index is 12.7. The molecule has 0 radical (unpaired) electrons. The van der Waals surface area contributed by atoms with E-state index in [4.69, 9.17) is 4.98 Å². The molecule has 0 unspecified atom stereocenters. The number of imidazole rings is 1. The van der Waals surface area contributed by atoms with E-state index in [1.807, 2.05) is 0 Å². The number of hydrogen-bond donors (Lipinski definition) is 0. The van der Waals surface area contributed by atoms with Gasteiger partial charge < -0.3 is 9.47 Å². The average Bonchev–Trinajstić information content (AvgIpc) is 3.18. The molecule has 2 aliphatic heterocycles. The third-order valence-electron chi connectivity index (χ3n) is 7.24. The first-order valence-corrected chi connectivity index (χ1v) is 12.4. The summed E-state index contributed by atoms with van der Waals surface area (Å²) in [5.41, 5.74) is 3.54. The molecule has 0 N–H and O–H groups in total. The van der Waals surface area contributed by atoms with Gasteiger partial charge in [-0.05, 0) is 36.5 Å². The molecule has 0 aliphatic carbocycles. The first kappa shape index (κ1) is 22.1. The molecule has 0 spiro atoms. The Morgan fingerprint density at radius 1 is 0.848 bits per heavy atom. The molecule has 2 saturated heterocycles. The second kappa shape index (κ2) is 10.1. The normalized spacial score (nSPS) is 18.8. The number of benzene rings is 2. The fourth-order valence-corrected chi connectivity index (χ4v) is 5.04. The van der Waals surface area contributed by atoms with E-state index in [1.54, 1.807) is 0 Å². The average molecular weight is 446 g/mol. The van der Waals surface area contributed by atoms with E-state index in [2.05, 4.69) is 80.8 Å². The van der Waals surface area contributed by atoms with Crippen molar-refractivity contribution in [2.75, 3.05) is 45.8 Å². The van der Waals surface area contributed by atoms with Gasteiger partial charge in [-0.1, -0.05) is 49.4 Å². The van der Waals surface area contributed by atoms with Gasteiger partial charge in [-0.15, -0.1) is 0 Å². The topological polar surface area (TPSA) is 44.6 Å². The summed E-state index contributed by atoms with van der Waals surface area (Å²) >= 11 is 0. The van der Waals surface area contributed by atoms with Gasteiger partial charge in [0.15, 0.2) is 0 Å². The molecule has 2 aromatic carbocycles. The molecule has 0 bridgehead atoms. The van der Waals surface area contributed by atoms with Gasteiger partial charge in [0.25, 0.3) is 0 Å². The van der Waals surface area contributed by atoms with E-state index in [9.17, 15) is 4.79 Å². The molecular weight excluding hydrogens is 410 g/mol. The number of piperidine rings is 1. The van der Waals surface area contributed by atoms with Crippen LogP contribution in [0, 0.1) is 5.92 Å². The van der Waals surface area contributed by atoms with Crippen LogP contribution in [0.3, 0.4) is 0 Å². The van der Waals surface area contributed by atoms with Crippen molar-refractivity contribution in [2.45, 2.75) is 32.9 Å². The van der Waals surface area contributed by atoms with E-state index in [0.717, 1.165) is 82.5 Å². The summed E-state index contributed by atoms with van der Waals surface area (Å²) in [5.74, 6) is 2.18. The van der Waals surface area contributed by atoms with Crippen molar-refractivity contribution in [1.29, 1.82) is 0 Å². The van der Waals surface area contributed by atoms with Crippen LogP contribution in [0.1, 0.15) is 31.2 Å². The van der Waals surface area contributed by atoms with Crippen LogP contribution in [-0.2, 0) is 17.9 Å². The highest BCUT2D eigenvalue weighted by molar-refractivity contribution is 5.78. The summed E-state index contributed by atoms with van der Waals surface area (Å²) in [6.45, 7) is 10.2. The Morgan fingerprint density at radius 3 is 2.27 bits per heavy atom. The predicted molar refractivity (Wildman–Crippen MR) is 132 cm³/mol. The fraction of sp³-hybridized carbons (Fsp3) is 0.481. The standard InChI is InChI=1S/C27H35N5O/c1-22-11-13-31(14-12-22)27(33)21-30-17-15-29(16-18-30)20-26-28-24-9-5-6-10-25(24)32(26)19-23-7-3-2-4-8-23/h2-10,22H,11-21H2,1H3. The van der Waals surface area contributed by atoms with Gasteiger partial charge in [-0.25, -0.2) is 4.98 Å². The number of nitrogens with zero attached hydrogens (tertiary/aromatic N) is 5. The molecule has 33 heavy (non-hydrogen) atoms. The molecule has 3 aromatic rings. The molecular formula is C27H35N5O. The first-order valence-electron chi connectivity index (χ1n) is 12.4. The molecule has 2 fully saturated rings. The van der Waals surface area contributed by atoms with E-state index < -0.39 is 0 Å². The number of piperazine rings is 1. The number of aromatic nitrogens is 2. The molecule has 2 aliphatic rings. The van der Waals surface area contributed by atoms with E-state index in [1.165, 1.54) is 11.1 Å². The minimum absolute atomic E-state index is 0.306. The molecule has 5 rings (SSSR count). The van der Waals surface area contributed by atoms with Crippen LogP contribution in [0.2, 0.25) is 0 Å². The summed E-state index contributed by atoms with van der Waals surface area (Å²) in [6.07, 6.45) is 2.28. The number of rotatable bonds is 6. The van der Waals surface area contributed by atoms with Gasteiger partial charge in [0, 0.05) is 45.8 Å². The highest BCUT2D eigenvalue weighted by atomic mass is 16.2. The van der Waals surface area contributed by atoms with Crippen LogP contribution in [0.15, 0.2) is 54.6 Å². The van der Waals surface area contributed by atoms with Crippen molar-refractivity contribution in [3.63, 3.8) is 0 Å². The van der Waals surface area contributed by atoms with Gasteiger partial charge in [0.05, 0.1) is 24.1 Å². The zero-order valence-electron chi connectivity index (χ0n) is 19.7. The number of likely N-dealkylation sites (tertiary alicyclic amines) is 1. The second-order valence-corrected chi connectivity index (χ2v) is 9.70. The summed E-state index contributed by atoms with van der Waals surface area (Å²) < 4.78 is 2.36. The summed E-state index contributed by atoms with van der Waals surface area (Å²) in [4.78, 5) is 24.6. The van der Waals surface area contributed by atoms with Crippen molar-refractivity contribution in [2.24, 2.45) is 5.92 Å². The molecule has 3 heterocycles. The first-order chi connectivity index (χ1) is 16.2. The van der Waals surface area contributed by atoms with Gasteiger partial charge in [0.1, 0.15) is 5.82 Å². The Morgan fingerprint density at radius 2 is 1.52 bits per heavy atom. The van der Waals surface area contributed by atoms with Gasteiger partial charge in [0.2, 0.25) is 5.91 Å². The van der Waals surface area contributed by atoms with Crippen LogP contribution >= 0.6 is 0 Å². The van der Waals surface area contributed by atoms with E-state index in [-0.39, 0.29) is 0 Å². The number of carbonyl (C=O) groups excluding carboxylic acids is 1. The van der Waals surface area contributed by atoms with Crippen LogP contribution in [-0.4, -0.2) is 76.0 Å². The van der Waals surface area contributed by atoms with Crippen LogP contribution in [0.4, 0.5) is 0 Å². The predicted octanol–water partition coefficient (Wildman–Crippen LogP) is 3.46. The minimum atomic E-state index is 0.306. The Kier molecular flexibility index (Phi) is 6.74. The van der Waals surface area contributed by atoms with Crippen molar-refractivity contribution >= 4 is 16.9 Å².